The second kappa shape index (κ2) is 6.08. The van der Waals surface area contributed by atoms with Crippen LogP contribution in [0.25, 0.3) is 6.08 Å². The summed E-state index contributed by atoms with van der Waals surface area (Å²) in [5.74, 6) is -0.444. The van der Waals surface area contributed by atoms with Gasteiger partial charge in [0.25, 0.3) is 0 Å². The minimum Gasteiger partial charge on any atom is -0.545 e. The summed E-state index contributed by atoms with van der Waals surface area (Å²) in [7, 11) is 1.61. The van der Waals surface area contributed by atoms with E-state index in [0.717, 1.165) is 28.9 Å². The van der Waals surface area contributed by atoms with Gasteiger partial charge in [-0.15, -0.1) is 0 Å². The summed E-state index contributed by atoms with van der Waals surface area (Å²) >= 11 is 0. The van der Waals surface area contributed by atoms with Crippen LogP contribution >= 0.6 is 0 Å². The van der Waals surface area contributed by atoms with Crippen LogP contribution in [-0.2, 0) is 6.42 Å². The van der Waals surface area contributed by atoms with Crippen molar-refractivity contribution in [3.8, 4) is 5.75 Å². The Labute approximate surface area is 134 Å². The van der Waals surface area contributed by atoms with E-state index in [2.05, 4.69) is 0 Å². The van der Waals surface area contributed by atoms with E-state index in [1.54, 1.807) is 31.4 Å². The number of carbonyl (C=O) groups excluding carboxylic acids is 2. The molecule has 4 heteroatoms. The SMILES string of the molecule is COc1ccc2c(c1)CC/C(=C/c1ccc(C(=O)[O-])cc1)C2=O. The van der Waals surface area contributed by atoms with Gasteiger partial charge >= 0.3 is 0 Å². The van der Waals surface area contributed by atoms with Gasteiger partial charge in [-0.25, -0.2) is 0 Å². The predicted octanol–water partition coefficient (Wildman–Crippen LogP) is 2.27. The van der Waals surface area contributed by atoms with Crippen molar-refractivity contribution in [1.82, 2.24) is 0 Å². The standard InChI is InChI=1S/C19H16O4/c1-23-16-8-9-17-14(11-16)6-7-15(18(17)20)10-12-2-4-13(5-3-12)19(21)22/h2-5,8-11H,6-7H2,1H3,(H,21,22)/p-1/b15-10-. The maximum absolute atomic E-state index is 12.6. The molecule has 1 aliphatic rings. The van der Waals surface area contributed by atoms with Crippen molar-refractivity contribution in [3.63, 3.8) is 0 Å². The number of carboxylic acids is 1. The molecule has 116 valence electrons. The molecular weight excluding hydrogens is 292 g/mol. The number of fused-ring (bicyclic) bond motifs is 1. The molecule has 2 aromatic carbocycles. The first-order chi connectivity index (χ1) is 11.1. The van der Waals surface area contributed by atoms with Gasteiger partial charge < -0.3 is 14.6 Å². The number of methoxy groups -OCH3 is 1. The Bertz CT molecular complexity index is 801. The van der Waals surface area contributed by atoms with E-state index >= 15 is 0 Å². The summed E-state index contributed by atoms with van der Waals surface area (Å²) in [6.45, 7) is 0. The molecule has 0 aromatic heterocycles. The van der Waals surface area contributed by atoms with Gasteiger partial charge in [0.1, 0.15) is 5.75 Å². The molecular formula is C19H15O4-. The van der Waals surface area contributed by atoms with Crippen LogP contribution in [0.2, 0.25) is 0 Å². The average molecular weight is 307 g/mol. The third-order valence-corrected chi connectivity index (χ3v) is 4.00. The second-order valence-corrected chi connectivity index (χ2v) is 5.43. The molecule has 4 nitrogen and oxygen atoms in total. The highest BCUT2D eigenvalue weighted by molar-refractivity contribution is 6.13. The van der Waals surface area contributed by atoms with Crippen LogP contribution in [0, 0.1) is 0 Å². The Morgan fingerprint density at radius 2 is 1.87 bits per heavy atom. The summed E-state index contributed by atoms with van der Waals surface area (Å²) in [6.07, 6.45) is 3.25. The van der Waals surface area contributed by atoms with Gasteiger partial charge in [-0.3, -0.25) is 4.79 Å². The summed E-state index contributed by atoms with van der Waals surface area (Å²) in [5.41, 5.74) is 3.35. The lowest BCUT2D eigenvalue weighted by atomic mass is 9.86. The van der Waals surface area contributed by atoms with Crippen molar-refractivity contribution in [2.75, 3.05) is 7.11 Å². The van der Waals surface area contributed by atoms with Crippen LogP contribution in [0.5, 0.6) is 5.75 Å². The largest absolute Gasteiger partial charge is 0.545 e. The zero-order valence-electron chi connectivity index (χ0n) is 12.7. The van der Waals surface area contributed by atoms with Crippen LogP contribution in [0.15, 0.2) is 48.0 Å². The van der Waals surface area contributed by atoms with Crippen molar-refractivity contribution in [3.05, 3.63) is 70.3 Å². The normalized spacial score (nSPS) is 15.3. The molecule has 0 atom stereocenters. The highest BCUT2D eigenvalue weighted by atomic mass is 16.5. The van der Waals surface area contributed by atoms with Crippen LogP contribution < -0.4 is 9.84 Å². The molecule has 2 aromatic rings. The Hall–Kier alpha value is -2.88. The highest BCUT2D eigenvalue weighted by Crippen LogP contribution is 2.29. The minimum absolute atomic E-state index is 0.0119. The smallest absolute Gasteiger partial charge is 0.189 e. The molecule has 0 spiro atoms. The first-order valence-corrected chi connectivity index (χ1v) is 7.32. The van der Waals surface area contributed by atoms with E-state index in [0.29, 0.717) is 12.0 Å². The zero-order chi connectivity index (χ0) is 16.4. The Balaban J connectivity index is 1.89. The number of hydrogen-bond donors (Lipinski definition) is 0. The summed E-state index contributed by atoms with van der Waals surface area (Å²) in [5, 5.41) is 10.8. The summed E-state index contributed by atoms with van der Waals surface area (Å²) in [6, 6.07) is 11.8. The first kappa shape index (κ1) is 15.0. The van der Waals surface area contributed by atoms with Gasteiger partial charge in [0.05, 0.1) is 13.1 Å². The molecule has 0 unspecified atom stereocenters. The number of carboxylic acid groups (broad SMARTS) is 1. The van der Waals surface area contributed by atoms with E-state index in [1.165, 1.54) is 12.1 Å². The van der Waals surface area contributed by atoms with Crippen LogP contribution in [-0.4, -0.2) is 18.9 Å². The molecule has 0 bridgehead atoms. The Kier molecular flexibility index (Phi) is 3.98. The lowest BCUT2D eigenvalue weighted by molar-refractivity contribution is -0.255. The van der Waals surface area contributed by atoms with Gasteiger partial charge in [0.15, 0.2) is 5.78 Å². The molecule has 3 rings (SSSR count). The molecule has 0 fully saturated rings. The second-order valence-electron chi connectivity index (χ2n) is 5.43. The van der Waals surface area contributed by atoms with Gasteiger partial charge in [-0.05, 0) is 53.8 Å². The lowest BCUT2D eigenvalue weighted by Gasteiger charge is -2.18. The number of hydrogen-bond acceptors (Lipinski definition) is 4. The number of rotatable bonds is 3. The van der Waals surface area contributed by atoms with Crippen molar-refractivity contribution in [2.45, 2.75) is 12.8 Å². The van der Waals surface area contributed by atoms with Crippen LogP contribution in [0.1, 0.15) is 38.3 Å². The number of ether oxygens (including phenoxy) is 1. The topological polar surface area (TPSA) is 66.4 Å². The predicted molar refractivity (Wildman–Crippen MR) is 84.4 cm³/mol. The molecule has 1 aliphatic carbocycles. The quantitative estimate of drug-likeness (QED) is 0.816. The number of ketones is 1. The Morgan fingerprint density at radius 3 is 2.52 bits per heavy atom. The summed E-state index contributed by atoms with van der Waals surface area (Å²) in [4.78, 5) is 23.3. The lowest BCUT2D eigenvalue weighted by Crippen LogP contribution is -2.21. The number of Topliss-reactive ketones (excluding diaryl/α,β-unsaturated/α-hetero) is 1. The highest BCUT2D eigenvalue weighted by Gasteiger charge is 2.22. The fraction of sp³-hybridized carbons (Fsp3) is 0.158. The number of allylic oxidation sites excluding steroid dienone is 1. The van der Waals surface area contributed by atoms with Crippen molar-refractivity contribution in [1.29, 1.82) is 0 Å². The van der Waals surface area contributed by atoms with E-state index in [-0.39, 0.29) is 11.3 Å². The fourth-order valence-corrected chi connectivity index (χ4v) is 2.74. The third-order valence-electron chi connectivity index (χ3n) is 4.00. The average Bonchev–Trinajstić information content (AvgIpc) is 2.57. The minimum atomic E-state index is -1.21. The molecule has 0 N–H and O–H groups in total. The van der Waals surface area contributed by atoms with Gasteiger partial charge in [0.2, 0.25) is 0 Å². The molecule has 0 amide bonds. The first-order valence-electron chi connectivity index (χ1n) is 7.32. The molecule has 0 aliphatic heterocycles. The number of aromatic carboxylic acids is 1. The van der Waals surface area contributed by atoms with E-state index < -0.39 is 5.97 Å². The molecule has 0 radical (unpaired) electrons. The molecule has 0 saturated heterocycles. The van der Waals surface area contributed by atoms with Crippen molar-refractivity contribution in [2.24, 2.45) is 0 Å². The summed E-state index contributed by atoms with van der Waals surface area (Å²) < 4.78 is 5.19. The monoisotopic (exact) mass is 307 g/mol. The maximum Gasteiger partial charge on any atom is 0.189 e. The van der Waals surface area contributed by atoms with Gasteiger partial charge in [0, 0.05) is 11.1 Å². The Morgan fingerprint density at radius 1 is 1.13 bits per heavy atom. The molecule has 0 saturated carbocycles. The van der Waals surface area contributed by atoms with Crippen LogP contribution in [0.4, 0.5) is 0 Å². The van der Waals surface area contributed by atoms with Gasteiger partial charge in [-0.2, -0.15) is 0 Å². The maximum atomic E-state index is 12.6. The molecule has 0 heterocycles. The van der Waals surface area contributed by atoms with Crippen molar-refractivity contribution >= 4 is 17.8 Å². The molecule has 23 heavy (non-hydrogen) atoms. The van der Waals surface area contributed by atoms with E-state index in [9.17, 15) is 14.7 Å². The van der Waals surface area contributed by atoms with Gasteiger partial charge in [-0.1, -0.05) is 24.3 Å². The third kappa shape index (κ3) is 3.01. The fourth-order valence-electron chi connectivity index (χ4n) is 2.74. The van der Waals surface area contributed by atoms with Crippen LogP contribution in [0.3, 0.4) is 0 Å². The number of benzene rings is 2. The van der Waals surface area contributed by atoms with E-state index in [4.69, 9.17) is 4.74 Å². The number of aryl methyl sites for hydroxylation is 1. The zero-order valence-corrected chi connectivity index (χ0v) is 12.7. The van der Waals surface area contributed by atoms with Crippen molar-refractivity contribution < 1.29 is 19.4 Å². The number of carbonyl (C=O) groups is 2. The van der Waals surface area contributed by atoms with E-state index in [1.807, 2.05) is 12.1 Å².